The van der Waals surface area contributed by atoms with Gasteiger partial charge in [0.1, 0.15) is 24.2 Å². The molecule has 12 heteroatoms. The van der Waals surface area contributed by atoms with E-state index in [1.807, 2.05) is 20.8 Å². The summed E-state index contributed by atoms with van der Waals surface area (Å²) in [6, 6.07) is 14.3. The molecule has 8 nitrogen and oxygen atoms in total. The Kier molecular flexibility index (Phi) is 12.2. The highest BCUT2D eigenvalue weighted by Crippen LogP contribution is 2.28. The van der Waals surface area contributed by atoms with Crippen LogP contribution < -0.4 is 14.4 Å². The number of hydrogen-bond acceptors (Lipinski definition) is 5. The van der Waals surface area contributed by atoms with Gasteiger partial charge in [-0.25, -0.2) is 12.8 Å². The van der Waals surface area contributed by atoms with Crippen molar-refractivity contribution in [3.63, 3.8) is 0 Å². The minimum Gasteiger partial charge on any atom is -0.494 e. The third-order valence-corrected chi connectivity index (χ3v) is 9.23. The summed E-state index contributed by atoms with van der Waals surface area (Å²) in [7, 11) is -4.35. The zero-order chi connectivity index (χ0) is 31.7. The number of benzene rings is 3. The Hall–Kier alpha value is -3.34. The highest BCUT2D eigenvalue weighted by atomic mass is 35.5. The molecule has 0 bridgehead atoms. The Bertz CT molecular complexity index is 1500. The van der Waals surface area contributed by atoms with Crippen LogP contribution in [0.4, 0.5) is 10.1 Å². The van der Waals surface area contributed by atoms with Gasteiger partial charge in [0.25, 0.3) is 10.0 Å². The van der Waals surface area contributed by atoms with Crippen LogP contribution in [0.5, 0.6) is 5.75 Å². The first-order valence-electron chi connectivity index (χ1n) is 14.0. The summed E-state index contributed by atoms with van der Waals surface area (Å²) in [4.78, 5) is 28.7. The van der Waals surface area contributed by atoms with Crippen LogP contribution in [-0.2, 0) is 26.2 Å². The van der Waals surface area contributed by atoms with Gasteiger partial charge in [-0.15, -0.1) is 0 Å². The van der Waals surface area contributed by atoms with Crippen LogP contribution in [0, 0.1) is 5.82 Å². The van der Waals surface area contributed by atoms with Crippen molar-refractivity contribution in [2.24, 2.45) is 0 Å². The minimum atomic E-state index is -4.35. The maximum atomic E-state index is 14.2. The normalized spacial score (nSPS) is 12.7. The molecule has 43 heavy (non-hydrogen) atoms. The molecule has 0 saturated heterocycles. The lowest BCUT2D eigenvalue weighted by Crippen LogP contribution is -2.53. The molecule has 2 amide bonds. The van der Waals surface area contributed by atoms with Crippen LogP contribution in [0.3, 0.4) is 0 Å². The maximum absolute atomic E-state index is 14.2. The van der Waals surface area contributed by atoms with E-state index in [0.717, 1.165) is 28.6 Å². The third kappa shape index (κ3) is 8.84. The van der Waals surface area contributed by atoms with Crippen molar-refractivity contribution in [2.75, 3.05) is 17.5 Å². The van der Waals surface area contributed by atoms with Gasteiger partial charge < -0.3 is 15.0 Å². The number of halogens is 3. The fourth-order valence-corrected chi connectivity index (χ4v) is 6.21. The topological polar surface area (TPSA) is 96.0 Å². The van der Waals surface area contributed by atoms with Crippen molar-refractivity contribution >= 4 is 50.7 Å². The Morgan fingerprint density at radius 2 is 1.60 bits per heavy atom. The van der Waals surface area contributed by atoms with Gasteiger partial charge in [0, 0.05) is 22.6 Å². The number of nitrogens with zero attached hydrogens (tertiary/aromatic N) is 2. The fourth-order valence-electron chi connectivity index (χ4n) is 4.33. The van der Waals surface area contributed by atoms with Crippen molar-refractivity contribution in [3.8, 4) is 5.75 Å². The van der Waals surface area contributed by atoms with Gasteiger partial charge in [0.15, 0.2) is 0 Å². The molecular weight excluding hydrogens is 616 g/mol. The van der Waals surface area contributed by atoms with Gasteiger partial charge in [0.2, 0.25) is 11.8 Å². The number of nitrogens with one attached hydrogen (secondary N) is 1. The van der Waals surface area contributed by atoms with Gasteiger partial charge in [-0.1, -0.05) is 43.1 Å². The average Bonchev–Trinajstić information content (AvgIpc) is 2.97. The number of ether oxygens (including phenoxy) is 1. The molecule has 2 atom stereocenters. The van der Waals surface area contributed by atoms with Crippen molar-refractivity contribution in [2.45, 2.75) is 64.1 Å². The summed E-state index contributed by atoms with van der Waals surface area (Å²) in [6.07, 6.45) is 0.938. The van der Waals surface area contributed by atoms with E-state index in [1.165, 1.54) is 23.1 Å². The van der Waals surface area contributed by atoms with Crippen LogP contribution in [0.25, 0.3) is 0 Å². The molecular formula is C31H36Cl2FN3O5S. The Balaban J connectivity index is 2.08. The fraction of sp³-hybridized carbons (Fsp3) is 0.355. The van der Waals surface area contributed by atoms with E-state index in [4.69, 9.17) is 27.9 Å². The predicted octanol–water partition coefficient (Wildman–Crippen LogP) is 6.45. The molecule has 0 unspecified atom stereocenters. The second-order valence-electron chi connectivity index (χ2n) is 9.89. The molecule has 0 heterocycles. The molecule has 0 spiro atoms. The number of carbonyl (C=O) groups excluding carboxylic acids is 2. The van der Waals surface area contributed by atoms with Crippen molar-refractivity contribution < 1.29 is 27.1 Å². The summed E-state index contributed by atoms with van der Waals surface area (Å²) >= 11 is 12.5. The summed E-state index contributed by atoms with van der Waals surface area (Å²) in [6.45, 7) is 7.06. The monoisotopic (exact) mass is 651 g/mol. The van der Waals surface area contributed by atoms with E-state index >= 15 is 0 Å². The molecule has 0 aliphatic carbocycles. The van der Waals surface area contributed by atoms with Gasteiger partial charge in [-0.2, -0.15) is 0 Å². The molecule has 3 aromatic rings. The van der Waals surface area contributed by atoms with Gasteiger partial charge in [-0.3, -0.25) is 13.9 Å². The molecule has 0 aromatic heterocycles. The molecule has 0 fully saturated rings. The first-order valence-corrected chi connectivity index (χ1v) is 16.2. The predicted molar refractivity (Wildman–Crippen MR) is 168 cm³/mol. The second kappa shape index (κ2) is 15.4. The highest BCUT2D eigenvalue weighted by molar-refractivity contribution is 7.92. The van der Waals surface area contributed by atoms with Crippen LogP contribution in [0.15, 0.2) is 71.6 Å². The number of anilines is 1. The van der Waals surface area contributed by atoms with Gasteiger partial charge in [0.05, 0.1) is 17.2 Å². The highest BCUT2D eigenvalue weighted by Gasteiger charge is 2.34. The summed E-state index contributed by atoms with van der Waals surface area (Å²) in [5, 5.41) is 3.62. The Labute approximate surface area is 262 Å². The molecule has 0 aliphatic rings. The largest absolute Gasteiger partial charge is 0.494 e. The van der Waals surface area contributed by atoms with Gasteiger partial charge in [-0.05, 0) is 92.9 Å². The van der Waals surface area contributed by atoms with Gasteiger partial charge >= 0.3 is 0 Å². The lowest BCUT2D eigenvalue weighted by Gasteiger charge is -2.34. The van der Waals surface area contributed by atoms with Crippen LogP contribution in [0.2, 0.25) is 10.0 Å². The van der Waals surface area contributed by atoms with E-state index in [2.05, 4.69) is 5.32 Å². The average molecular weight is 653 g/mol. The zero-order valence-electron chi connectivity index (χ0n) is 24.5. The lowest BCUT2D eigenvalue weighted by atomic mass is 10.1. The lowest BCUT2D eigenvalue weighted by molar-refractivity contribution is -0.140. The zero-order valence-corrected chi connectivity index (χ0v) is 26.8. The summed E-state index contributed by atoms with van der Waals surface area (Å²) in [5.41, 5.74) is 0.714. The molecule has 3 aromatic carbocycles. The molecule has 0 aliphatic heterocycles. The standard InChI is InChI=1S/C31H36Cl2FN3O5S/c1-5-21(4)35-31(39)29(6-2)36(19-22-8-9-23(32)18-28(22)33)30(38)20-37(25-12-14-26(15-13-25)42-7-3)43(40,41)27-16-10-24(34)11-17-27/h8-18,21,29H,5-7,19-20H2,1-4H3,(H,35,39)/t21-,29+/m0/s1. The first-order chi connectivity index (χ1) is 20.4. The number of sulfonamides is 1. The third-order valence-electron chi connectivity index (χ3n) is 6.86. The summed E-state index contributed by atoms with van der Waals surface area (Å²) in [5.74, 6) is -1.10. The van der Waals surface area contributed by atoms with Crippen LogP contribution >= 0.6 is 23.2 Å². The molecule has 3 rings (SSSR count). The Morgan fingerprint density at radius 1 is 0.953 bits per heavy atom. The molecule has 0 saturated carbocycles. The molecule has 232 valence electrons. The minimum absolute atomic E-state index is 0.0744. The van der Waals surface area contributed by atoms with E-state index in [-0.39, 0.29) is 35.5 Å². The molecule has 1 N–H and O–H groups in total. The second-order valence-corrected chi connectivity index (χ2v) is 12.6. The van der Waals surface area contributed by atoms with E-state index in [9.17, 15) is 22.4 Å². The van der Waals surface area contributed by atoms with E-state index in [0.29, 0.717) is 34.4 Å². The first kappa shape index (κ1) is 34.2. The number of carbonyl (C=O) groups is 2. The Morgan fingerprint density at radius 3 is 2.16 bits per heavy atom. The van der Waals surface area contributed by atoms with Crippen molar-refractivity contribution in [3.05, 3.63) is 88.2 Å². The van der Waals surface area contributed by atoms with Crippen molar-refractivity contribution in [1.82, 2.24) is 10.2 Å². The smallest absolute Gasteiger partial charge is 0.264 e. The van der Waals surface area contributed by atoms with Crippen LogP contribution in [-0.4, -0.2) is 50.4 Å². The number of amides is 2. The van der Waals surface area contributed by atoms with Crippen LogP contribution in [0.1, 0.15) is 46.1 Å². The number of rotatable bonds is 14. The SMILES string of the molecule is CCOc1ccc(N(CC(=O)N(Cc2ccc(Cl)cc2Cl)[C@H](CC)C(=O)N[C@@H](C)CC)S(=O)(=O)c2ccc(F)cc2)cc1. The molecule has 0 radical (unpaired) electrons. The van der Waals surface area contributed by atoms with E-state index < -0.39 is 34.3 Å². The maximum Gasteiger partial charge on any atom is 0.264 e. The van der Waals surface area contributed by atoms with Crippen molar-refractivity contribution in [1.29, 1.82) is 0 Å². The summed E-state index contributed by atoms with van der Waals surface area (Å²) < 4.78 is 47.9. The quantitative estimate of drug-likeness (QED) is 0.216. The van der Waals surface area contributed by atoms with E-state index in [1.54, 1.807) is 31.2 Å². The number of hydrogen-bond donors (Lipinski definition) is 1.